The summed E-state index contributed by atoms with van der Waals surface area (Å²) < 4.78 is 0. The summed E-state index contributed by atoms with van der Waals surface area (Å²) in [6.45, 7) is 1.82. The molecule has 0 spiro atoms. The van der Waals surface area contributed by atoms with Crippen LogP contribution in [0, 0.1) is 0 Å². The third-order valence-electron chi connectivity index (χ3n) is 3.34. The van der Waals surface area contributed by atoms with E-state index in [-0.39, 0.29) is 0 Å². The molecule has 118 valence electrons. The minimum atomic E-state index is -0.883. The van der Waals surface area contributed by atoms with Crippen LogP contribution in [-0.4, -0.2) is 27.2 Å². The van der Waals surface area contributed by atoms with Gasteiger partial charge in [-0.25, -0.2) is 0 Å². The van der Waals surface area contributed by atoms with E-state index in [2.05, 4.69) is 0 Å². The highest BCUT2D eigenvalue weighted by atomic mass is 32.2. The van der Waals surface area contributed by atoms with Crippen LogP contribution in [0.25, 0.3) is 0 Å². The smallest absolute Gasteiger partial charge is 0.133 e. The second-order valence-corrected chi connectivity index (χ2v) is 7.99. The number of hydrogen-bond acceptors (Lipinski definition) is 4. The van der Waals surface area contributed by atoms with Gasteiger partial charge in [0, 0.05) is 17.9 Å². The minimum absolute atomic E-state index is 0.398. The number of aliphatic hydroxyl groups excluding tert-OH is 1. The molecular formula is C18H22O2S2. The molecule has 0 saturated heterocycles. The predicted molar refractivity (Wildman–Crippen MR) is 97.1 cm³/mol. The van der Waals surface area contributed by atoms with Crippen LogP contribution in [0.3, 0.4) is 0 Å². The highest BCUT2D eigenvalue weighted by molar-refractivity contribution is 8.03. The summed E-state index contributed by atoms with van der Waals surface area (Å²) in [6, 6.07) is 19.7. The normalized spacial score (nSPS) is 15.2. The summed E-state index contributed by atoms with van der Waals surface area (Å²) in [5.41, 5.74) is 1.66. The van der Waals surface area contributed by atoms with Gasteiger partial charge in [-0.3, -0.25) is 0 Å². The fraction of sp³-hybridized carbons (Fsp3) is 0.333. The molecule has 0 aromatic heterocycles. The molecule has 2 N–H and O–H groups in total. The van der Waals surface area contributed by atoms with Crippen molar-refractivity contribution in [3.05, 3.63) is 71.8 Å². The molecule has 2 aromatic rings. The molecule has 0 amide bonds. The van der Waals surface area contributed by atoms with Crippen molar-refractivity contribution < 1.29 is 10.2 Å². The Morgan fingerprint density at radius 1 is 0.955 bits per heavy atom. The Bertz CT molecular complexity index is 544. The molecule has 2 atom stereocenters. The molecule has 4 heteroatoms. The molecule has 0 fully saturated rings. The lowest BCUT2D eigenvalue weighted by atomic mass is 10.1. The third-order valence-corrected chi connectivity index (χ3v) is 5.79. The average molecular weight is 335 g/mol. The first-order valence-electron chi connectivity index (χ1n) is 7.33. The van der Waals surface area contributed by atoms with E-state index in [1.807, 2.05) is 67.6 Å². The second kappa shape index (κ2) is 8.63. The summed E-state index contributed by atoms with van der Waals surface area (Å²) in [5, 5.41) is 20.5. The maximum Gasteiger partial charge on any atom is 0.133 e. The van der Waals surface area contributed by atoms with Gasteiger partial charge < -0.3 is 10.2 Å². The van der Waals surface area contributed by atoms with Crippen molar-refractivity contribution in [2.75, 3.05) is 11.5 Å². The Morgan fingerprint density at radius 3 is 2.18 bits per heavy atom. The van der Waals surface area contributed by atoms with E-state index in [0.717, 1.165) is 22.6 Å². The number of hydrogen-bond donors (Lipinski definition) is 2. The Labute approximate surface area is 141 Å². The fourth-order valence-electron chi connectivity index (χ4n) is 2.13. The molecule has 2 nitrogen and oxygen atoms in total. The van der Waals surface area contributed by atoms with E-state index in [1.54, 1.807) is 0 Å². The largest absolute Gasteiger partial charge is 0.382 e. The van der Waals surface area contributed by atoms with Gasteiger partial charge in [-0.15, -0.1) is 23.5 Å². The van der Waals surface area contributed by atoms with Crippen molar-refractivity contribution in [3.8, 4) is 0 Å². The lowest BCUT2D eigenvalue weighted by Crippen LogP contribution is -2.17. The van der Waals surface area contributed by atoms with Gasteiger partial charge in [0.25, 0.3) is 0 Å². The van der Waals surface area contributed by atoms with E-state index in [4.69, 9.17) is 0 Å². The van der Waals surface area contributed by atoms with Crippen LogP contribution in [0.4, 0.5) is 0 Å². The fourth-order valence-corrected chi connectivity index (χ4v) is 4.13. The van der Waals surface area contributed by atoms with Crippen LogP contribution < -0.4 is 0 Å². The van der Waals surface area contributed by atoms with Gasteiger partial charge in [-0.05, 0) is 18.1 Å². The van der Waals surface area contributed by atoms with Crippen LogP contribution in [0.2, 0.25) is 0 Å². The molecule has 0 aliphatic heterocycles. The zero-order valence-corrected chi connectivity index (χ0v) is 14.3. The topological polar surface area (TPSA) is 40.5 Å². The minimum Gasteiger partial charge on any atom is -0.382 e. The summed E-state index contributed by atoms with van der Waals surface area (Å²) in [7, 11) is 0. The van der Waals surface area contributed by atoms with E-state index < -0.39 is 10.4 Å². The van der Waals surface area contributed by atoms with Crippen LogP contribution >= 0.6 is 23.5 Å². The second-order valence-electron chi connectivity index (χ2n) is 5.21. The van der Waals surface area contributed by atoms with E-state index >= 15 is 0 Å². The van der Waals surface area contributed by atoms with Gasteiger partial charge in [0.15, 0.2) is 0 Å². The Kier molecular flexibility index (Phi) is 6.83. The van der Waals surface area contributed by atoms with Crippen LogP contribution in [0.15, 0.2) is 60.7 Å². The average Bonchev–Trinajstić information content (AvgIpc) is 2.53. The molecule has 0 saturated carbocycles. The van der Waals surface area contributed by atoms with E-state index in [0.29, 0.717) is 6.42 Å². The first-order chi connectivity index (χ1) is 10.6. The Balaban J connectivity index is 1.70. The molecule has 2 rings (SSSR count). The van der Waals surface area contributed by atoms with Crippen LogP contribution in [-0.2, 0) is 11.4 Å². The van der Waals surface area contributed by atoms with E-state index in [9.17, 15) is 10.2 Å². The van der Waals surface area contributed by atoms with Gasteiger partial charge in [-0.2, -0.15) is 0 Å². The first-order valence-corrected chi connectivity index (χ1v) is 9.37. The lowest BCUT2D eigenvalue weighted by Gasteiger charge is -2.23. The molecule has 0 heterocycles. The zero-order chi connectivity index (χ0) is 15.8. The summed E-state index contributed by atoms with van der Waals surface area (Å²) in [4.78, 5) is -0.883. The number of rotatable bonds is 8. The SMILES string of the molecule is CC(O)(SCCSC(O)Cc1ccccc1)c1ccccc1. The summed E-state index contributed by atoms with van der Waals surface area (Å²) in [5.74, 6) is 1.60. The molecule has 2 unspecified atom stereocenters. The molecular weight excluding hydrogens is 312 g/mol. The predicted octanol–water partition coefficient (Wildman–Crippen LogP) is 3.88. The molecule has 0 aliphatic carbocycles. The first kappa shape index (κ1) is 17.4. The monoisotopic (exact) mass is 334 g/mol. The highest BCUT2D eigenvalue weighted by Gasteiger charge is 2.22. The van der Waals surface area contributed by atoms with Gasteiger partial charge in [0.2, 0.25) is 0 Å². The summed E-state index contributed by atoms with van der Waals surface area (Å²) in [6.07, 6.45) is 0.658. The van der Waals surface area contributed by atoms with E-state index in [1.165, 1.54) is 23.5 Å². The summed E-state index contributed by atoms with van der Waals surface area (Å²) >= 11 is 3.03. The number of benzene rings is 2. The molecule has 22 heavy (non-hydrogen) atoms. The maximum absolute atomic E-state index is 10.5. The Morgan fingerprint density at radius 2 is 1.55 bits per heavy atom. The van der Waals surface area contributed by atoms with Crippen molar-refractivity contribution >= 4 is 23.5 Å². The van der Waals surface area contributed by atoms with Crippen LogP contribution in [0.5, 0.6) is 0 Å². The van der Waals surface area contributed by atoms with Gasteiger partial charge in [0.1, 0.15) is 10.4 Å². The standard InChI is InChI=1S/C18H22O2S2/c1-18(20,16-10-6-3-7-11-16)22-13-12-21-17(19)14-15-8-4-2-5-9-15/h2-11,17,19-20H,12-14H2,1H3. The maximum atomic E-state index is 10.5. The highest BCUT2D eigenvalue weighted by Crippen LogP contribution is 2.33. The van der Waals surface area contributed by atoms with Gasteiger partial charge >= 0.3 is 0 Å². The van der Waals surface area contributed by atoms with Gasteiger partial charge in [-0.1, -0.05) is 60.7 Å². The Hall–Kier alpha value is -0.940. The molecule has 2 aromatic carbocycles. The van der Waals surface area contributed by atoms with Crippen molar-refractivity contribution in [3.63, 3.8) is 0 Å². The lowest BCUT2D eigenvalue weighted by molar-refractivity contribution is 0.159. The molecule has 0 radical (unpaired) electrons. The zero-order valence-electron chi connectivity index (χ0n) is 12.7. The van der Waals surface area contributed by atoms with Crippen molar-refractivity contribution in [1.29, 1.82) is 0 Å². The quantitative estimate of drug-likeness (QED) is 0.568. The number of thioether (sulfide) groups is 2. The van der Waals surface area contributed by atoms with Crippen molar-refractivity contribution in [2.24, 2.45) is 0 Å². The van der Waals surface area contributed by atoms with Crippen molar-refractivity contribution in [2.45, 2.75) is 23.7 Å². The number of aliphatic hydroxyl groups is 2. The third kappa shape index (κ3) is 5.69. The molecule has 0 bridgehead atoms. The van der Waals surface area contributed by atoms with Gasteiger partial charge in [0.05, 0.1) is 0 Å². The van der Waals surface area contributed by atoms with Crippen LogP contribution in [0.1, 0.15) is 18.1 Å². The van der Waals surface area contributed by atoms with Crippen molar-refractivity contribution in [1.82, 2.24) is 0 Å². The molecule has 0 aliphatic rings.